The van der Waals surface area contributed by atoms with Gasteiger partial charge in [-0.1, -0.05) is 67.3 Å². The molecule has 0 unspecified atom stereocenters. The van der Waals surface area contributed by atoms with Crippen LogP contribution in [0.15, 0.2) is 53.4 Å². The number of thioether (sulfide) groups is 1. The Bertz CT molecular complexity index is 793. The normalized spacial score (nSPS) is 16.4. The van der Waals surface area contributed by atoms with Crippen molar-refractivity contribution in [1.82, 2.24) is 0 Å². The van der Waals surface area contributed by atoms with Crippen molar-refractivity contribution in [3.63, 3.8) is 0 Å². The summed E-state index contributed by atoms with van der Waals surface area (Å²) < 4.78 is 0.581. The number of hydrogen-bond donors (Lipinski definition) is 0. The van der Waals surface area contributed by atoms with E-state index in [-0.39, 0.29) is 5.91 Å². The maximum atomic E-state index is 12.7. The summed E-state index contributed by atoms with van der Waals surface area (Å²) in [5.74, 6) is -0.0508. The molecule has 116 valence electrons. The monoisotopic (exact) mass is 339 g/mol. The lowest BCUT2D eigenvalue weighted by Crippen LogP contribution is -2.27. The van der Waals surface area contributed by atoms with E-state index in [1.807, 2.05) is 49.4 Å². The molecule has 1 aliphatic heterocycles. The molecule has 2 nitrogen and oxygen atoms in total. The Morgan fingerprint density at radius 1 is 1.17 bits per heavy atom. The van der Waals surface area contributed by atoms with Gasteiger partial charge in [0.15, 0.2) is 4.32 Å². The minimum absolute atomic E-state index is 0.0508. The number of carbonyl (C=O) groups excluding carboxylic acids is 1. The fourth-order valence-electron chi connectivity index (χ4n) is 2.46. The van der Waals surface area contributed by atoms with Gasteiger partial charge < -0.3 is 0 Å². The zero-order valence-electron chi connectivity index (χ0n) is 13.1. The summed E-state index contributed by atoms with van der Waals surface area (Å²) in [5.41, 5.74) is 4.24. The van der Waals surface area contributed by atoms with Gasteiger partial charge in [-0.05, 0) is 48.2 Å². The number of thiocarbonyl (C=S) groups is 1. The fraction of sp³-hybridized carbons (Fsp3) is 0.158. The predicted octanol–water partition coefficient (Wildman–Crippen LogP) is 4.96. The Morgan fingerprint density at radius 2 is 1.91 bits per heavy atom. The zero-order chi connectivity index (χ0) is 16.4. The smallest absolute Gasteiger partial charge is 0.268 e. The maximum absolute atomic E-state index is 12.7. The Kier molecular flexibility index (Phi) is 4.64. The summed E-state index contributed by atoms with van der Waals surface area (Å²) in [7, 11) is 0. The number of rotatable bonds is 3. The van der Waals surface area contributed by atoms with E-state index in [0.29, 0.717) is 9.23 Å². The molecule has 1 aliphatic rings. The van der Waals surface area contributed by atoms with E-state index in [1.54, 1.807) is 4.90 Å². The van der Waals surface area contributed by atoms with E-state index in [0.717, 1.165) is 23.2 Å². The van der Waals surface area contributed by atoms with Crippen LogP contribution in [0, 0.1) is 6.92 Å². The number of nitrogens with zero attached hydrogens (tertiary/aromatic N) is 1. The highest BCUT2D eigenvalue weighted by atomic mass is 32.2. The van der Waals surface area contributed by atoms with Crippen LogP contribution in [0.25, 0.3) is 6.08 Å². The molecule has 3 rings (SSSR count). The van der Waals surface area contributed by atoms with E-state index >= 15 is 0 Å². The van der Waals surface area contributed by atoms with Crippen molar-refractivity contribution in [1.29, 1.82) is 0 Å². The van der Waals surface area contributed by atoms with Gasteiger partial charge >= 0.3 is 0 Å². The SMILES string of the molecule is CCc1ccc(/C=C2\SC(=S)N(c3cccc(C)c3)C2=O)cc1. The van der Waals surface area contributed by atoms with E-state index in [1.165, 1.54) is 17.3 Å². The molecule has 0 aromatic heterocycles. The highest BCUT2D eigenvalue weighted by Gasteiger charge is 2.33. The van der Waals surface area contributed by atoms with Crippen LogP contribution in [0.4, 0.5) is 5.69 Å². The largest absolute Gasteiger partial charge is 0.270 e. The summed E-state index contributed by atoms with van der Waals surface area (Å²) in [6, 6.07) is 16.1. The molecule has 0 aliphatic carbocycles. The molecule has 1 saturated heterocycles. The van der Waals surface area contributed by atoms with Crippen molar-refractivity contribution in [2.45, 2.75) is 20.3 Å². The van der Waals surface area contributed by atoms with E-state index in [9.17, 15) is 4.79 Å². The molecule has 2 aromatic carbocycles. The maximum Gasteiger partial charge on any atom is 0.270 e. The summed E-state index contributed by atoms with van der Waals surface area (Å²) >= 11 is 6.76. The first-order valence-corrected chi connectivity index (χ1v) is 8.74. The standard InChI is InChI=1S/C19H17NOS2/c1-3-14-7-9-15(10-8-14)12-17-18(21)20(19(22)23-17)16-6-4-5-13(2)11-16/h4-12H,3H2,1-2H3/b17-12-. The third kappa shape index (κ3) is 3.38. The van der Waals surface area contributed by atoms with Crippen LogP contribution in [0.3, 0.4) is 0 Å². The molecule has 0 bridgehead atoms. The molecule has 0 N–H and O–H groups in total. The van der Waals surface area contributed by atoms with Crippen molar-refractivity contribution in [3.05, 3.63) is 70.1 Å². The van der Waals surface area contributed by atoms with Crippen LogP contribution < -0.4 is 4.90 Å². The van der Waals surface area contributed by atoms with Gasteiger partial charge in [-0.2, -0.15) is 0 Å². The lowest BCUT2D eigenvalue weighted by molar-refractivity contribution is -0.113. The molecule has 4 heteroatoms. The van der Waals surface area contributed by atoms with Gasteiger partial charge in [0.2, 0.25) is 0 Å². The van der Waals surface area contributed by atoms with Crippen molar-refractivity contribution in [2.75, 3.05) is 4.90 Å². The Morgan fingerprint density at radius 3 is 2.57 bits per heavy atom. The van der Waals surface area contributed by atoms with E-state index in [2.05, 4.69) is 19.1 Å². The van der Waals surface area contributed by atoms with Gasteiger partial charge in [0.25, 0.3) is 5.91 Å². The number of hydrogen-bond acceptors (Lipinski definition) is 3. The first kappa shape index (κ1) is 16.0. The van der Waals surface area contributed by atoms with Gasteiger partial charge in [0.1, 0.15) is 0 Å². The Balaban J connectivity index is 1.89. The van der Waals surface area contributed by atoms with Crippen LogP contribution >= 0.6 is 24.0 Å². The van der Waals surface area contributed by atoms with Crippen LogP contribution in [0.1, 0.15) is 23.6 Å². The molecule has 0 radical (unpaired) electrons. The van der Waals surface area contributed by atoms with Gasteiger partial charge in [0.05, 0.1) is 10.6 Å². The topological polar surface area (TPSA) is 20.3 Å². The Labute approximate surface area is 146 Å². The fourth-order valence-corrected chi connectivity index (χ4v) is 3.76. The van der Waals surface area contributed by atoms with Gasteiger partial charge in [0, 0.05) is 0 Å². The molecular weight excluding hydrogens is 322 g/mol. The van der Waals surface area contributed by atoms with Crippen LogP contribution in [-0.4, -0.2) is 10.2 Å². The van der Waals surface area contributed by atoms with Crippen molar-refractivity contribution >= 4 is 46.0 Å². The van der Waals surface area contributed by atoms with Crippen molar-refractivity contribution in [2.24, 2.45) is 0 Å². The summed E-state index contributed by atoms with van der Waals surface area (Å²) in [6.07, 6.45) is 2.92. The second-order valence-electron chi connectivity index (χ2n) is 5.45. The number of benzene rings is 2. The van der Waals surface area contributed by atoms with Crippen molar-refractivity contribution < 1.29 is 4.79 Å². The lowest BCUT2D eigenvalue weighted by Gasteiger charge is -2.14. The molecule has 0 atom stereocenters. The van der Waals surface area contributed by atoms with Crippen LogP contribution in [-0.2, 0) is 11.2 Å². The van der Waals surface area contributed by atoms with Gasteiger partial charge in [-0.3, -0.25) is 9.69 Å². The minimum Gasteiger partial charge on any atom is -0.268 e. The first-order chi connectivity index (χ1) is 11.1. The molecule has 1 amide bonds. The Hall–Kier alpha value is -1.91. The molecule has 0 spiro atoms. The predicted molar refractivity (Wildman–Crippen MR) is 103 cm³/mol. The average Bonchev–Trinajstić information content (AvgIpc) is 2.82. The highest BCUT2D eigenvalue weighted by molar-refractivity contribution is 8.27. The quantitative estimate of drug-likeness (QED) is 0.582. The summed E-state index contributed by atoms with van der Waals surface area (Å²) in [6.45, 7) is 4.13. The summed E-state index contributed by atoms with van der Waals surface area (Å²) in [5, 5.41) is 0. The van der Waals surface area contributed by atoms with Gasteiger partial charge in [-0.15, -0.1) is 0 Å². The van der Waals surface area contributed by atoms with Crippen LogP contribution in [0.5, 0.6) is 0 Å². The molecule has 1 fully saturated rings. The average molecular weight is 339 g/mol. The first-order valence-electron chi connectivity index (χ1n) is 7.52. The molecule has 0 saturated carbocycles. The minimum atomic E-state index is -0.0508. The molecule has 23 heavy (non-hydrogen) atoms. The number of anilines is 1. The zero-order valence-corrected chi connectivity index (χ0v) is 14.7. The lowest BCUT2D eigenvalue weighted by atomic mass is 10.1. The second kappa shape index (κ2) is 6.69. The van der Waals surface area contributed by atoms with Gasteiger partial charge in [-0.25, -0.2) is 0 Å². The molecule has 2 aromatic rings. The highest BCUT2D eigenvalue weighted by Crippen LogP contribution is 2.36. The number of aryl methyl sites for hydroxylation is 2. The third-order valence-electron chi connectivity index (χ3n) is 3.74. The van der Waals surface area contributed by atoms with Crippen LogP contribution in [0.2, 0.25) is 0 Å². The number of carbonyl (C=O) groups is 1. The third-order valence-corrected chi connectivity index (χ3v) is 5.04. The van der Waals surface area contributed by atoms with E-state index < -0.39 is 0 Å². The molecular formula is C19H17NOS2. The number of amides is 1. The van der Waals surface area contributed by atoms with Crippen molar-refractivity contribution in [3.8, 4) is 0 Å². The molecule has 1 heterocycles. The van der Waals surface area contributed by atoms with E-state index in [4.69, 9.17) is 12.2 Å². The second-order valence-corrected chi connectivity index (χ2v) is 7.13. The summed E-state index contributed by atoms with van der Waals surface area (Å²) in [4.78, 5) is 15.0.